The van der Waals surface area contributed by atoms with Gasteiger partial charge < -0.3 is 19.4 Å². The van der Waals surface area contributed by atoms with Crippen molar-refractivity contribution < 1.29 is 42.2 Å². The number of nitrogens with zero attached hydrogens (tertiary/aromatic N) is 1. The van der Waals surface area contributed by atoms with Gasteiger partial charge in [-0.25, -0.2) is 4.79 Å². The lowest BCUT2D eigenvalue weighted by atomic mass is 9.85. The first-order valence-corrected chi connectivity index (χ1v) is 10.4. The maximum absolute atomic E-state index is 13.1. The third kappa shape index (κ3) is 5.56. The van der Waals surface area contributed by atoms with Crippen LogP contribution in [0.5, 0.6) is 0 Å². The highest BCUT2D eigenvalue weighted by Gasteiger charge is 2.55. The predicted molar refractivity (Wildman–Crippen MR) is 115 cm³/mol. The summed E-state index contributed by atoms with van der Waals surface area (Å²) in [6, 6.07) is 11.4. The van der Waals surface area contributed by atoms with Crippen LogP contribution in [0.1, 0.15) is 47.6 Å². The highest BCUT2D eigenvalue weighted by molar-refractivity contribution is 5.95. The molecule has 1 aliphatic rings. The van der Waals surface area contributed by atoms with Crippen LogP contribution in [0.3, 0.4) is 0 Å². The number of benzene rings is 2. The Hall–Kier alpha value is -3.40. The summed E-state index contributed by atoms with van der Waals surface area (Å²) >= 11 is 0. The number of halogens is 3. The number of methoxy groups -OCH3 is 1. The Labute approximate surface area is 194 Å². The molecule has 0 saturated heterocycles. The number of carbonyl (C=O) groups is 2. The van der Waals surface area contributed by atoms with E-state index in [0.717, 1.165) is 23.3 Å². The summed E-state index contributed by atoms with van der Waals surface area (Å²) < 4.78 is 49.8. The van der Waals surface area contributed by atoms with Gasteiger partial charge in [0.2, 0.25) is 0 Å². The largest absolute Gasteiger partial charge is 0.478 e. The second kappa shape index (κ2) is 10.3. The van der Waals surface area contributed by atoms with Gasteiger partial charge in [-0.15, -0.1) is 0 Å². The van der Waals surface area contributed by atoms with Crippen LogP contribution in [0.15, 0.2) is 53.7 Å². The van der Waals surface area contributed by atoms with E-state index in [1.54, 1.807) is 12.1 Å². The molecule has 0 saturated carbocycles. The highest BCUT2D eigenvalue weighted by atomic mass is 19.4. The zero-order valence-electron chi connectivity index (χ0n) is 18.6. The Morgan fingerprint density at radius 3 is 2.44 bits per heavy atom. The van der Waals surface area contributed by atoms with Gasteiger partial charge in [0, 0.05) is 6.42 Å². The van der Waals surface area contributed by atoms with Crippen molar-refractivity contribution in [3.8, 4) is 0 Å². The third-order valence-electron chi connectivity index (χ3n) is 5.64. The third-order valence-corrected chi connectivity index (χ3v) is 5.64. The SMILES string of the molecule is COC(=O)CCC1=NOC(C(=O)O)(C(OCc2ccccc2C)c2ccc(C(F)(F)F)cc2)C1. The van der Waals surface area contributed by atoms with Gasteiger partial charge in [0.25, 0.3) is 5.60 Å². The molecule has 1 N–H and O–H groups in total. The maximum atomic E-state index is 13.1. The van der Waals surface area contributed by atoms with E-state index in [2.05, 4.69) is 9.89 Å². The van der Waals surface area contributed by atoms with E-state index < -0.39 is 35.4 Å². The van der Waals surface area contributed by atoms with Crippen molar-refractivity contribution in [2.75, 3.05) is 7.11 Å². The monoisotopic (exact) mass is 479 g/mol. The molecule has 0 amide bonds. The van der Waals surface area contributed by atoms with Gasteiger partial charge in [0.1, 0.15) is 6.10 Å². The fourth-order valence-corrected chi connectivity index (χ4v) is 3.66. The lowest BCUT2D eigenvalue weighted by Gasteiger charge is -2.32. The van der Waals surface area contributed by atoms with Gasteiger partial charge in [-0.2, -0.15) is 13.2 Å². The number of carboxylic acids is 1. The average molecular weight is 479 g/mol. The first-order chi connectivity index (χ1) is 16.1. The second-order valence-corrected chi connectivity index (χ2v) is 7.93. The van der Waals surface area contributed by atoms with Crippen LogP contribution in [0.2, 0.25) is 0 Å². The molecule has 0 bridgehead atoms. The average Bonchev–Trinajstić information content (AvgIpc) is 3.24. The number of esters is 1. The number of oxime groups is 1. The highest BCUT2D eigenvalue weighted by Crippen LogP contribution is 2.42. The molecule has 182 valence electrons. The number of carbonyl (C=O) groups excluding carboxylic acids is 1. The van der Waals surface area contributed by atoms with Crippen LogP contribution in [-0.2, 0) is 36.7 Å². The lowest BCUT2D eigenvalue weighted by Crippen LogP contribution is -2.46. The summed E-state index contributed by atoms with van der Waals surface area (Å²) in [5.74, 6) is -1.88. The molecule has 34 heavy (non-hydrogen) atoms. The zero-order valence-corrected chi connectivity index (χ0v) is 18.6. The summed E-state index contributed by atoms with van der Waals surface area (Å²) in [4.78, 5) is 29.3. The molecule has 0 aliphatic carbocycles. The molecule has 7 nitrogen and oxygen atoms in total. The van der Waals surface area contributed by atoms with E-state index in [1.165, 1.54) is 19.2 Å². The summed E-state index contributed by atoms with van der Waals surface area (Å²) in [6.07, 6.45) is -5.96. The number of aliphatic carboxylic acids is 1. The van der Waals surface area contributed by atoms with Crippen LogP contribution in [0.25, 0.3) is 0 Å². The first kappa shape index (κ1) is 25.2. The number of hydrogen-bond acceptors (Lipinski definition) is 6. The molecule has 2 aromatic carbocycles. The minimum absolute atomic E-state index is 0.00571. The lowest BCUT2D eigenvalue weighted by molar-refractivity contribution is -0.187. The van der Waals surface area contributed by atoms with E-state index in [9.17, 15) is 27.9 Å². The molecule has 1 aliphatic heterocycles. The first-order valence-electron chi connectivity index (χ1n) is 10.4. The maximum Gasteiger partial charge on any atom is 0.416 e. The van der Waals surface area contributed by atoms with Crippen molar-refractivity contribution >= 4 is 17.7 Å². The molecule has 3 rings (SSSR count). The number of alkyl halides is 3. The molecule has 10 heteroatoms. The molecule has 1 heterocycles. The van der Waals surface area contributed by atoms with Crippen LogP contribution < -0.4 is 0 Å². The van der Waals surface area contributed by atoms with Gasteiger partial charge in [-0.1, -0.05) is 41.6 Å². The topological polar surface area (TPSA) is 94.4 Å². The van der Waals surface area contributed by atoms with E-state index in [-0.39, 0.29) is 31.4 Å². The molecule has 0 fully saturated rings. The number of rotatable bonds is 9. The van der Waals surface area contributed by atoms with Crippen LogP contribution >= 0.6 is 0 Å². The Balaban J connectivity index is 1.93. The smallest absolute Gasteiger partial charge is 0.416 e. The normalized spacial score (nSPS) is 18.7. The quantitative estimate of drug-likeness (QED) is 0.518. The minimum atomic E-state index is -4.55. The Morgan fingerprint density at radius 1 is 1.18 bits per heavy atom. The van der Waals surface area contributed by atoms with Crippen molar-refractivity contribution in [2.24, 2.45) is 5.16 Å². The van der Waals surface area contributed by atoms with E-state index in [0.29, 0.717) is 5.71 Å². The fourth-order valence-electron chi connectivity index (χ4n) is 3.66. The summed E-state index contributed by atoms with van der Waals surface area (Å²) in [6.45, 7) is 1.85. The number of carboxylic acid groups (broad SMARTS) is 1. The number of ether oxygens (including phenoxy) is 2. The van der Waals surface area contributed by atoms with Gasteiger partial charge in [0.15, 0.2) is 0 Å². The van der Waals surface area contributed by atoms with Crippen LogP contribution in [0, 0.1) is 6.92 Å². The number of aryl methyl sites for hydroxylation is 1. The molecular formula is C24H24F3NO6. The van der Waals surface area contributed by atoms with E-state index >= 15 is 0 Å². The predicted octanol–water partition coefficient (Wildman–Crippen LogP) is 4.82. The van der Waals surface area contributed by atoms with Gasteiger partial charge in [-0.3, -0.25) is 4.79 Å². The molecule has 0 radical (unpaired) electrons. The van der Waals surface area contributed by atoms with Gasteiger partial charge in [0.05, 0.1) is 31.4 Å². The van der Waals surface area contributed by atoms with E-state index in [4.69, 9.17) is 9.57 Å². The van der Waals surface area contributed by atoms with Crippen LogP contribution in [-0.4, -0.2) is 35.5 Å². The number of hydrogen-bond donors (Lipinski definition) is 1. The Bertz CT molecular complexity index is 1070. The summed E-state index contributed by atoms with van der Waals surface area (Å²) in [7, 11) is 1.23. The molecular weight excluding hydrogens is 455 g/mol. The van der Waals surface area contributed by atoms with Gasteiger partial charge >= 0.3 is 18.1 Å². The molecule has 2 aromatic rings. The standard InChI is InChI=1S/C24H24F3NO6/c1-15-5-3-4-6-17(15)14-33-21(16-7-9-18(10-8-16)24(25,26)27)23(22(30)31)13-19(28-34-23)11-12-20(29)32-2/h3-10,21H,11-14H2,1-2H3,(H,30,31). The second-order valence-electron chi connectivity index (χ2n) is 7.93. The summed E-state index contributed by atoms with van der Waals surface area (Å²) in [5, 5.41) is 14.0. The van der Waals surface area contributed by atoms with Crippen molar-refractivity contribution in [3.63, 3.8) is 0 Å². The molecule has 0 aromatic heterocycles. The van der Waals surface area contributed by atoms with Crippen molar-refractivity contribution in [1.29, 1.82) is 0 Å². The molecule has 2 atom stereocenters. The Kier molecular flexibility index (Phi) is 7.61. The van der Waals surface area contributed by atoms with Crippen molar-refractivity contribution in [2.45, 2.75) is 50.7 Å². The summed E-state index contributed by atoms with van der Waals surface area (Å²) in [5.41, 5.74) is -0.711. The Morgan fingerprint density at radius 2 is 1.85 bits per heavy atom. The van der Waals surface area contributed by atoms with Crippen LogP contribution in [0.4, 0.5) is 13.2 Å². The minimum Gasteiger partial charge on any atom is -0.478 e. The molecule has 2 unspecified atom stereocenters. The zero-order chi connectivity index (χ0) is 24.9. The van der Waals surface area contributed by atoms with Gasteiger partial charge in [-0.05, 0) is 42.2 Å². The van der Waals surface area contributed by atoms with Crippen molar-refractivity contribution in [1.82, 2.24) is 0 Å². The van der Waals surface area contributed by atoms with E-state index in [1.807, 2.05) is 19.1 Å². The van der Waals surface area contributed by atoms with Crippen molar-refractivity contribution in [3.05, 3.63) is 70.8 Å². The fraction of sp³-hybridized carbons (Fsp3) is 0.375. The molecule has 0 spiro atoms.